The summed E-state index contributed by atoms with van der Waals surface area (Å²) in [6, 6.07) is 5.24. The molecule has 0 aliphatic heterocycles. The maximum Gasteiger partial charge on any atom is 0.314 e. The third-order valence-corrected chi connectivity index (χ3v) is 4.10. The lowest BCUT2D eigenvalue weighted by Crippen LogP contribution is -2.29. The Morgan fingerprint density at radius 3 is 2.71 bits per heavy atom. The number of fused-ring (bicyclic) bond motifs is 1. The number of hydrogen-bond donors (Lipinski definition) is 3. The topological polar surface area (TPSA) is 113 Å². The minimum atomic E-state index is -0.742. The third kappa shape index (κ3) is 2.62. The molecule has 0 unspecified atom stereocenters. The van der Waals surface area contributed by atoms with Gasteiger partial charge >= 0.3 is 11.1 Å². The van der Waals surface area contributed by atoms with Gasteiger partial charge in [-0.05, 0) is 31.0 Å². The van der Waals surface area contributed by atoms with Crippen LogP contribution in [-0.4, -0.2) is 25.4 Å². The van der Waals surface area contributed by atoms with Gasteiger partial charge in [0.2, 0.25) is 0 Å². The molecule has 0 spiro atoms. The largest absolute Gasteiger partial charge is 0.346 e. The van der Waals surface area contributed by atoms with Gasteiger partial charge in [-0.3, -0.25) is 14.4 Å². The van der Waals surface area contributed by atoms with Crippen LogP contribution >= 0.6 is 0 Å². The van der Waals surface area contributed by atoms with E-state index in [-0.39, 0.29) is 5.91 Å². The zero-order valence-electron chi connectivity index (χ0n) is 12.7. The monoisotopic (exact) mass is 325 g/mol. The van der Waals surface area contributed by atoms with E-state index < -0.39 is 11.1 Å². The second-order valence-electron chi connectivity index (χ2n) is 5.87. The van der Waals surface area contributed by atoms with E-state index in [1.807, 2.05) is 0 Å². The average molecular weight is 325 g/mol. The summed E-state index contributed by atoms with van der Waals surface area (Å²) < 4.78 is 2.09. The number of nitrogens with one attached hydrogen (secondary N) is 3. The Kier molecular flexibility index (Phi) is 3.30. The van der Waals surface area contributed by atoms with Gasteiger partial charge in [-0.1, -0.05) is 0 Å². The molecule has 1 fully saturated rings. The maximum atomic E-state index is 12.3. The molecular weight excluding hydrogens is 310 g/mol. The predicted octanol–water partition coefficient (Wildman–Crippen LogP) is 0.678. The van der Waals surface area contributed by atoms with E-state index in [1.165, 1.54) is 0 Å². The van der Waals surface area contributed by atoms with Crippen LogP contribution in [0.25, 0.3) is 11.0 Å². The Morgan fingerprint density at radius 1 is 1.21 bits per heavy atom. The summed E-state index contributed by atoms with van der Waals surface area (Å²) in [5.41, 5.74) is 0.798. The molecule has 1 saturated carbocycles. The van der Waals surface area contributed by atoms with Crippen LogP contribution in [0.1, 0.15) is 34.9 Å². The van der Waals surface area contributed by atoms with Gasteiger partial charge in [0.05, 0.1) is 29.6 Å². The highest BCUT2D eigenvalue weighted by molar-refractivity contribution is 5.97. The van der Waals surface area contributed by atoms with E-state index in [0.29, 0.717) is 29.2 Å². The first-order chi connectivity index (χ1) is 11.6. The van der Waals surface area contributed by atoms with E-state index in [1.54, 1.807) is 30.7 Å². The van der Waals surface area contributed by atoms with Crippen LogP contribution in [0.3, 0.4) is 0 Å². The van der Waals surface area contributed by atoms with Crippen molar-refractivity contribution in [3.05, 3.63) is 62.7 Å². The molecule has 0 bridgehead atoms. The fourth-order valence-electron chi connectivity index (χ4n) is 2.68. The first-order valence-electron chi connectivity index (χ1n) is 7.67. The molecule has 2 heterocycles. The number of carbonyl (C=O) groups excluding carboxylic acids is 1. The van der Waals surface area contributed by atoms with E-state index >= 15 is 0 Å². The lowest BCUT2D eigenvalue weighted by Gasteiger charge is -2.08. The summed E-state index contributed by atoms with van der Waals surface area (Å²) in [4.78, 5) is 44.1. The minimum absolute atomic E-state index is 0.257. The number of rotatable bonds is 4. The minimum Gasteiger partial charge on any atom is -0.346 e. The van der Waals surface area contributed by atoms with Gasteiger partial charge in [0.15, 0.2) is 0 Å². The number of imidazole rings is 1. The summed E-state index contributed by atoms with van der Waals surface area (Å²) in [6.45, 7) is 0.384. The Bertz CT molecular complexity index is 1040. The lowest BCUT2D eigenvalue weighted by molar-refractivity contribution is 0.0950. The van der Waals surface area contributed by atoms with Crippen molar-refractivity contribution in [2.24, 2.45) is 0 Å². The molecule has 122 valence electrons. The molecule has 1 aromatic carbocycles. The van der Waals surface area contributed by atoms with Crippen LogP contribution in [0.2, 0.25) is 0 Å². The summed E-state index contributed by atoms with van der Waals surface area (Å²) >= 11 is 0. The second-order valence-corrected chi connectivity index (χ2v) is 5.87. The summed E-state index contributed by atoms with van der Waals surface area (Å²) in [6.07, 6.45) is 5.83. The molecule has 1 aliphatic rings. The Morgan fingerprint density at radius 2 is 1.96 bits per heavy atom. The van der Waals surface area contributed by atoms with Gasteiger partial charge < -0.3 is 19.9 Å². The molecule has 2 aromatic heterocycles. The molecule has 0 atom stereocenters. The molecule has 24 heavy (non-hydrogen) atoms. The van der Waals surface area contributed by atoms with Crippen molar-refractivity contribution in [2.45, 2.75) is 25.4 Å². The van der Waals surface area contributed by atoms with Crippen LogP contribution in [0.5, 0.6) is 0 Å². The van der Waals surface area contributed by atoms with Gasteiger partial charge in [-0.2, -0.15) is 0 Å². The number of benzene rings is 1. The molecule has 1 aliphatic carbocycles. The summed E-state index contributed by atoms with van der Waals surface area (Å²) in [5, 5.41) is 2.85. The normalized spacial score (nSPS) is 14.0. The van der Waals surface area contributed by atoms with Crippen molar-refractivity contribution in [2.75, 3.05) is 0 Å². The number of amides is 1. The van der Waals surface area contributed by atoms with Crippen molar-refractivity contribution >= 4 is 16.9 Å². The quantitative estimate of drug-likeness (QED) is 0.612. The zero-order chi connectivity index (χ0) is 16.7. The third-order valence-electron chi connectivity index (χ3n) is 4.10. The maximum absolute atomic E-state index is 12.3. The predicted molar refractivity (Wildman–Crippen MR) is 86.9 cm³/mol. The first kappa shape index (κ1) is 14.4. The molecule has 8 heteroatoms. The number of aromatic nitrogens is 4. The smallest absolute Gasteiger partial charge is 0.314 e. The Labute approximate surface area is 135 Å². The van der Waals surface area contributed by atoms with Crippen molar-refractivity contribution in [3.8, 4) is 0 Å². The molecule has 0 saturated heterocycles. The number of hydrogen-bond acceptors (Lipinski definition) is 4. The zero-order valence-corrected chi connectivity index (χ0v) is 12.7. The standard InChI is InChI=1S/C16H15N5O3/c22-14(18-7-11-6-17-8-21(11)10-2-3-10)9-1-4-12-13(5-9)20-16(24)15(23)19-12/h1,4-6,8,10H,2-3,7H2,(H,18,22)(H,19,23)(H,20,24). The Balaban J connectivity index is 1.54. The fourth-order valence-corrected chi connectivity index (χ4v) is 2.68. The fraction of sp³-hybridized carbons (Fsp3) is 0.250. The molecule has 3 aromatic rings. The number of nitrogens with zero attached hydrogens (tertiary/aromatic N) is 2. The number of carbonyl (C=O) groups is 1. The van der Waals surface area contributed by atoms with Crippen molar-refractivity contribution in [1.29, 1.82) is 0 Å². The van der Waals surface area contributed by atoms with Gasteiger partial charge in [0.1, 0.15) is 0 Å². The Hall–Kier alpha value is -3.16. The number of H-pyrrole nitrogens is 2. The highest BCUT2D eigenvalue weighted by Crippen LogP contribution is 2.35. The van der Waals surface area contributed by atoms with Crippen LogP contribution in [0.15, 0.2) is 40.3 Å². The highest BCUT2D eigenvalue weighted by Gasteiger charge is 2.25. The van der Waals surface area contributed by atoms with Crippen LogP contribution in [0, 0.1) is 0 Å². The number of aromatic amines is 2. The summed E-state index contributed by atoms with van der Waals surface area (Å²) in [5.74, 6) is -0.257. The van der Waals surface area contributed by atoms with Gasteiger partial charge in [-0.25, -0.2) is 4.98 Å². The molecule has 4 rings (SSSR count). The highest BCUT2D eigenvalue weighted by atomic mass is 16.2. The van der Waals surface area contributed by atoms with Crippen LogP contribution < -0.4 is 16.4 Å². The van der Waals surface area contributed by atoms with E-state index in [0.717, 1.165) is 18.5 Å². The summed E-state index contributed by atoms with van der Waals surface area (Å²) in [7, 11) is 0. The molecular formula is C16H15N5O3. The SMILES string of the molecule is O=C(NCc1cncn1C1CC1)c1ccc2[nH]c(=O)c(=O)[nH]c2c1. The lowest BCUT2D eigenvalue weighted by atomic mass is 10.2. The van der Waals surface area contributed by atoms with Crippen molar-refractivity contribution in [1.82, 2.24) is 24.8 Å². The molecule has 8 nitrogen and oxygen atoms in total. The van der Waals surface area contributed by atoms with Gasteiger partial charge in [0.25, 0.3) is 5.91 Å². The van der Waals surface area contributed by atoms with Crippen LogP contribution in [0.4, 0.5) is 0 Å². The van der Waals surface area contributed by atoms with Crippen molar-refractivity contribution in [3.63, 3.8) is 0 Å². The van der Waals surface area contributed by atoms with Crippen molar-refractivity contribution < 1.29 is 4.79 Å². The van der Waals surface area contributed by atoms with Gasteiger partial charge in [0, 0.05) is 17.8 Å². The van der Waals surface area contributed by atoms with Crippen LogP contribution in [-0.2, 0) is 6.54 Å². The van der Waals surface area contributed by atoms with E-state index in [2.05, 4.69) is 24.8 Å². The van der Waals surface area contributed by atoms with E-state index in [9.17, 15) is 14.4 Å². The molecule has 1 amide bonds. The molecule has 3 N–H and O–H groups in total. The average Bonchev–Trinajstić information content (AvgIpc) is 3.31. The first-order valence-corrected chi connectivity index (χ1v) is 7.67. The second kappa shape index (κ2) is 5.48. The van der Waals surface area contributed by atoms with Gasteiger partial charge in [-0.15, -0.1) is 0 Å². The van der Waals surface area contributed by atoms with E-state index in [4.69, 9.17) is 0 Å². The molecule has 0 radical (unpaired) electrons.